The van der Waals surface area contributed by atoms with Gasteiger partial charge in [0.05, 0.1) is 12.7 Å². The maximum absolute atomic E-state index is 12.1. The SMILES string of the molecule is COc1nccc2c1C(=O)C1C=CC2C1. The van der Waals surface area contributed by atoms with Gasteiger partial charge in [0, 0.05) is 18.0 Å². The standard InChI is InChI=1S/C12H11NO2/c1-15-12-10-9(4-5-13-12)7-2-3-8(6-7)11(10)14/h2-5,7-8H,6H2,1H3. The molecule has 15 heavy (non-hydrogen) atoms. The highest BCUT2D eigenvalue weighted by Gasteiger charge is 2.37. The summed E-state index contributed by atoms with van der Waals surface area (Å²) >= 11 is 0. The average Bonchev–Trinajstić information content (AvgIpc) is 2.71. The Morgan fingerprint density at radius 1 is 1.40 bits per heavy atom. The molecule has 3 rings (SSSR count). The number of ether oxygens (including phenoxy) is 1. The zero-order valence-corrected chi connectivity index (χ0v) is 8.43. The van der Waals surface area contributed by atoms with Gasteiger partial charge >= 0.3 is 0 Å². The first-order valence-electron chi connectivity index (χ1n) is 5.06. The summed E-state index contributed by atoms with van der Waals surface area (Å²) < 4.78 is 5.15. The van der Waals surface area contributed by atoms with E-state index in [-0.39, 0.29) is 11.7 Å². The highest BCUT2D eigenvalue weighted by atomic mass is 16.5. The first-order chi connectivity index (χ1) is 7.31. The van der Waals surface area contributed by atoms with Crippen LogP contribution in [-0.2, 0) is 0 Å². The Labute approximate surface area is 87.8 Å². The molecule has 0 radical (unpaired) electrons. The molecule has 0 amide bonds. The second-order valence-electron chi connectivity index (χ2n) is 3.98. The minimum absolute atomic E-state index is 0.0422. The van der Waals surface area contributed by atoms with Gasteiger partial charge in [-0.3, -0.25) is 4.79 Å². The highest BCUT2D eigenvalue weighted by molar-refractivity contribution is 6.04. The van der Waals surface area contributed by atoms with Gasteiger partial charge in [-0.2, -0.15) is 0 Å². The summed E-state index contributed by atoms with van der Waals surface area (Å²) in [6, 6.07) is 1.92. The third kappa shape index (κ3) is 1.06. The molecule has 2 bridgehead atoms. The Balaban J connectivity index is 2.25. The topological polar surface area (TPSA) is 39.2 Å². The lowest BCUT2D eigenvalue weighted by Crippen LogP contribution is -2.21. The molecule has 1 aromatic heterocycles. The van der Waals surface area contributed by atoms with E-state index in [2.05, 4.69) is 11.1 Å². The van der Waals surface area contributed by atoms with Crippen molar-refractivity contribution < 1.29 is 9.53 Å². The number of Topliss-reactive ketones (excluding diaryl/α,β-unsaturated/α-hetero) is 1. The van der Waals surface area contributed by atoms with Crippen molar-refractivity contribution in [2.45, 2.75) is 12.3 Å². The minimum Gasteiger partial charge on any atom is -0.480 e. The Morgan fingerprint density at radius 2 is 2.20 bits per heavy atom. The lowest BCUT2D eigenvalue weighted by atomic mass is 9.82. The number of aromatic nitrogens is 1. The molecule has 0 spiro atoms. The summed E-state index contributed by atoms with van der Waals surface area (Å²) in [5.41, 5.74) is 1.75. The van der Waals surface area contributed by atoms with E-state index in [1.165, 1.54) is 0 Å². The summed E-state index contributed by atoms with van der Waals surface area (Å²) in [5, 5.41) is 0. The van der Waals surface area contributed by atoms with Crippen molar-refractivity contribution in [2.24, 2.45) is 5.92 Å². The number of hydrogen-bond donors (Lipinski definition) is 0. The lowest BCUT2D eigenvalue weighted by Gasteiger charge is -2.22. The quantitative estimate of drug-likeness (QED) is 0.652. The maximum atomic E-state index is 12.1. The van der Waals surface area contributed by atoms with Crippen LogP contribution in [0.4, 0.5) is 0 Å². The zero-order valence-electron chi connectivity index (χ0n) is 8.43. The number of fused-ring (bicyclic) bond motifs is 4. The Morgan fingerprint density at radius 3 is 3.00 bits per heavy atom. The van der Waals surface area contributed by atoms with Crippen molar-refractivity contribution >= 4 is 5.78 Å². The van der Waals surface area contributed by atoms with Crippen LogP contribution in [0.15, 0.2) is 24.4 Å². The van der Waals surface area contributed by atoms with Gasteiger partial charge in [0.2, 0.25) is 5.88 Å². The molecule has 1 aromatic rings. The van der Waals surface area contributed by atoms with Crippen molar-refractivity contribution in [1.82, 2.24) is 4.98 Å². The molecule has 3 nitrogen and oxygen atoms in total. The van der Waals surface area contributed by atoms with Crippen LogP contribution < -0.4 is 4.74 Å². The molecule has 2 aliphatic carbocycles. The molecule has 0 fully saturated rings. The van der Waals surface area contributed by atoms with E-state index >= 15 is 0 Å². The molecule has 2 unspecified atom stereocenters. The Hall–Kier alpha value is -1.64. The number of pyridine rings is 1. The first-order valence-corrected chi connectivity index (χ1v) is 5.06. The molecule has 0 saturated heterocycles. The van der Waals surface area contributed by atoms with Crippen molar-refractivity contribution in [1.29, 1.82) is 0 Å². The third-order valence-electron chi connectivity index (χ3n) is 3.21. The van der Waals surface area contributed by atoms with Crippen molar-refractivity contribution in [3.05, 3.63) is 35.5 Å². The van der Waals surface area contributed by atoms with Gasteiger partial charge in [-0.05, 0) is 18.1 Å². The molecular weight excluding hydrogens is 190 g/mol. The van der Waals surface area contributed by atoms with Gasteiger partial charge in [-0.15, -0.1) is 0 Å². The normalized spacial score (nSPS) is 26.6. The van der Waals surface area contributed by atoms with Gasteiger partial charge in [0.25, 0.3) is 0 Å². The fraction of sp³-hybridized carbons (Fsp3) is 0.333. The van der Waals surface area contributed by atoms with Crippen molar-refractivity contribution in [3.8, 4) is 5.88 Å². The fourth-order valence-electron chi connectivity index (χ4n) is 2.48. The van der Waals surface area contributed by atoms with Crippen LogP contribution in [0.25, 0.3) is 0 Å². The molecule has 1 heterocycles. The van der Waals surface area contributed by atoms with Gasteiger partial charge in [0.1, 0.15) is 0 Å². The smallest absolute Gasteiger partial charge is 0.224 e. The lowest BCUT2D eigenvalue weighted by molar-refractivity contribution is 0.0929. The van der Waals surface area contributed by atoms with E-state index in [4.69, 9.17) is 4.74 Å². The van der Waals surface area contributed by atoms with E-state index in [1.807, 2.05) is 12.1 Å². The Kier molecular flexibility index (Phi) is 1.69. The molecule has 0 N–H and O–H groups in total. The number of carbonyl (C=O) groups is 1. The number of allylic oxidation sites excluding steroid dienone is 2. The third-order valence-corrected chi connectivity index (χ3v) is 3.21. The van der Waals surface area contributed by atoms with Crippen LogP contribution in [0.1, 0.15) is 28.3 Å². The van der Waals surface area contributed by atoms with Crippen LogP contribution >= 0.6 is 0 Å². The predicted molar refractivity (Wildman–Crippen MR) is 55.1 cm³/mol. The molecule has 0 aromatic carbocycles. The minimum atomic E-state index is 0.0422. The predicted octanol–water partition coefficient (Wildman–Crippen LogP) is 1.95. The molecule has 76 valence electrons. The monoisotopic (exact) mass is 201 g/mol. The van der Waals surface area contributed by atoms with Crippen molar-refractivity contribution in [3.63, 3.8) is 0 Å². The summed E-state index contributed by atoms with van der Waals surface area (Å²) in [7, 11) is 1.56. The number of methoxy groups -OCH3 is 1. The van der Waals surface area contributed by atoms with E-state index in [0.29, 0.717) is 17.4 Å². The second kappa shape index (κ2) is 2.92. The van der Waals surface area contributed by atoms with E-state index in [0.717, 1.165) is 12.0 Å². The maximum Gasteiger partial charge on any atom is 0.224 e. The number of rotatable bonds is 1. The van der Waals surface area contributed by atoms with E-state index in [1.54, 1.807) is 13.3 Å². The first kappa shape index (κ1) is 8.65. The van der Waals surface area contributed by atoms with Crippen LogP contribution in [0, 0.1) is 5.92 Å². The van der Waals surface area contributed by atoms with Gasteiger partial charge in [0.15, 0.2) is 5.78 Å². The second-order valence-corrected chi connectivity index (χ2v) is 3.98. The summed E-state index contributed by atoms with van der Waals surface area (Å²) in [4.78, 5) is 16.2. The van der Waals surface area contributed by atoms with Crippen LogP contribution in [0.3, 0.4) is 0 Å². The van der Waals surface area contributed by atoms with E-state index < -0.39 is 0 Å². The van der Waals surface area contributed by atoms with Gasteiger partial charge in [-0.25, -0.2) is 4.98 Å². The molecule has 0 aliphatic heterocycles. The van der Waals surface area contributed by atoms with Gasteiger partial charge in [-0.1, -0.05) is 12.2 Å². The molecular formula is C12H11NO2. The zero-order chi connectivity index (χ0) is 10.4. The molecule has 3 heteroatoms. The van der Waals surface area contributed by atoms with Gasteiger partial charge < -0.3 is 4.74 Å². The molecule has 2 aliphatic rings. The van der Waals surface area contributed by atoms with Crippen LogP contribution in [0.2, 0.25) is 0 Å². The largest absolute Gasteiger partial charge is 0.480 e. The molecule has 0 saturated carbocycles. The molecule has 2 atom stereocenters. The highest BCUT2D eigenvalue weighted by Crippen LogP contribution is 2.43. The summed E-state index contributed by atoms with van der Waals surface area (Å²) in [6.07, 6.45) is 6.75. The number of hydrogen-bond acceptors (Lipinski definition) is 3. The number of ketones is 1. The fourth-order valence-corrected chi connectivity index (χ4v) is 2.48. The summed E-state index contributed by atoms with van der Waals surface area (Å²) in [5.74, 6) is 1.04. The summed E-state index contributed by atoms with van der Waals surface area (Å²) in [6.45, 7) is 0. The van der Waals surface area contributed by atoms with Crippen LogP contribution in [-0.4, -0.2) is 17.9 Å². The Bertz CT molecular complexity index is 465. The van der Waals surface area contributed by atoms with E-state index in [9.17, 15) is 4.79 Å². The number of nitrogens with zero attached hydrogens (tertiary/aromatic N) is 1. The van der Waals surface area contributed by atoms with Crippen LogP contribution in [0.5, 0.6) is 5.88 Å². The number of carbonyl (C=O) groups excluding carboxylic acids is 1. The average molecular weight is 201 g/mol. The van der Waals surface area contributed by atoms with Crippen molar-refractivity contribution in [2.75, 3.05) is 7.11 Å².